The average molecular weight is 709 g/mol. The molecule has 0 radical (unpaired) electrons. The van der Waals surface area contributed by atoms with Gasteiger partial charge in [0.15, 0.2) is 12.7 Å². The molecule has 0 spiro atoms. The maximum Gasteiger partial charge on any atom is 0.417 e. The van der Waals surface area contributed by atoms with Crippen molar-refractivity contribution in [3.63, 3.8) is 0 Å². The van der Waals surface area contributed by atoms with Crippen molar-refractivity contribution in [3.8, 4) is 11.5 Å². The number of carbonyl (C=O) groups is 2. The van der Waals surface area contributed by atoms with E-state index >= 15 is 0 Å². The molecule has 4 aromatic rings. The lowest BCUT2D eigenvalue weighted by Gasteiger charge is -2.21. The first kappa shape index (κ1) is 35.2. The van der Waals surface area contributed by atoms with Gasteiger partial charge < -0.3 is 29.4 Å². The predicted molar refractivity (Wildman–Crippen MR) is 175 cm³/mol. The quantitative estimate of drug-likeness (QED) is 0.116. The van der Waals surface area contributed by atoms with Crippen LogP contribution >= 0.6 is 42.6 Å². The number of rotatable bonds is 15. The Morgan fingerprint density at radius 2 is 1.65 bits per heavy atom. The molecule has 15 heteroatoms. The van der Waals surface area contributed by atoms with E-state index in [1.54, 1.807) is 72.8 Å². The summed E-state index contributed by atoms with van der Waals surface area (Å²) in [5, 5.41) is 11.1. The highest BCUT2D eigenvalue weighted by atomic mass is 35.5. The van der Waals surface area contributed by atoms with Gasteiger partial charge in [0.05, 0.1) is 5.69 Å². The largest absolute Gasteiger partial charge is 0.480 e. The number of halogens is 2. The van der Waals surface area contributed by atoms with Crippen molar-refractivity contribution >= 4 is 54.6 Å². The van der Waals surface area contributed by atoms with E-state index < -0.39 is 32.1 Å². The number of aliphatic carboxylic acids is 1. The molecule has 0 bridgehead atoms. The number of nitrogens with two attached hydrogens (primary N) is 1. The Kier molecular flexibility index (Phi) is 12.0. The third kappa shape index (κ3) is 9.91. The minimum absolute atomic E-state index is 0.0290. The smallest absolute Gasteiger partial charge is 0.417 e. The number of para-hydroxylation sites is 1. The van der Waals surface area contributed by atoms with E-state index in [-0.39, 0.29) is 18.3 Å². The number of carbonyl (C=O) groups excluding carboxylic acids is 1. The zero-order valence-corrected chi connectivity index (χ0v) is 28.3. The lowest BCUT2D eigenvalue weighted by atomic mass is 10.1. The molecule has 244 valence electrons. The fourth-order valence-electron chi connectivity index (χ4n) is 4.13. The number of primary amides is 1. The molecule has 0 aliphatic rings. The van der Waals surface area contributed by atoms with E-state index in [0.29, 0.717) is 28.2 Å². The van der Waals surface area contributed by atoms with Crippen LogP contribution in [-0.4, -0.2) is 39.2 Å². The number of aromatic nitrogens is 2. The number of benzene rings is 3. The average Bonchev–Trinajstić information content (AvgIpc) is 3.32. The van der Waals surface area contributed by atoms with Gasteiger partial charge >= 0.3 is 19.7 Å². The zero-order chi connectivity index (χ0) is 33.4. The van der Waals surface area contributed by atoms with Crippen molar-refractivity contribution in [1.82, 2.24) is 9.55 Å². The number of nitrogens with zero attached hydrogens (tertiary/aromatic N) is 2. The second-order valence-corrected chi connectivity index (χ2v) is 14.1. The Morgan fingerprint density at radius 3 is 2.24 bits per heavy atom. The van der Waals surface area contributed by atoms with E-state index in [0.717, 1.165) is 21.2 Å². The highest BCUT2D eigenvalue weighted by molar-refractivity contribution is 7.99. The van der Waals surface area contributed by atoms with Crippen molar-refractivity contribution in [2.45, 2.75) is 55.9 Å². The molecule has 1 unspecified atom stereocenters. The molecule has 1 heterocycles. The van der Waals surface area contributed by atoms with Crippen LogP contribution in [0.5, 0.6) is 11.5 Å². The molecule has 3 N–H and O–H groups in total. The molecule has 46 heavy (non-hydrogen) atoms. The molecule has 11 nitrogen and oxygen atoms in total. The zero-order valence-electron chi connectivity index (χ0n) is 25.1. The summed E-state index contributed by atoms with van der Waals surface area (Å²) in [7, 11) is -4.05. The summed E-state index contributed by atoms with van der Waals surface area (Å²) in [6.45, 7) is 5.47. The summed E-state index contributed by atoms with van der Waals surface area (Å²) in [6, 6.07) is 20.5. The number of carboxylic acid groups (broad SMARTS) is 1. The monoisotopic (exact) mass is 707 g/mol. The minimum Gasteiger partial charge on any atom is -0.480 e. The number of ether oxygens (including phenoxy) is 2. The van der Waals surface area contributed by atoms with Crippen LogP contribution in [-0.2, 0) is 31.8 Å². The van der Waals surface area contributed by atoms with Crippen LogP contribution in [0.15, 0.2) is 82.7 Å². The van der Waals surface area contributed by atoms with Gasteiger partial charge in [0, 0.05) is 21.5 Å². The van der Waals surface area contributed by atoms with Gasteiger partial charge in [-0.25, -0.2) is 19.1 Å². The topological polar surface area (TPSA) is 152 Å². The Labute approximate surface area is 280 Å². The van der Waals surface area contributed by atoms with Crippen molar-refractivity contribution in [1.29, 1.82) is 0 Å². The number of imidazole rings is 1. The third-order valence-electron chi connectivity index (χ3n) is 6.27. The predicted octanol–water partition coefficient (Wildman–Crippen LogP) is 8.21. The molecule has 0 saturated heterocycles. The molecule has 0 aliphatic carbocycles. The van der Waals surface area contributed by atoms with Crippen molar-refractivity contribution < 1.29 is 37.8 Å². The fraction of sp³-hybridized carbons (Fsp3) is 0.258. The molecular weight excluding hydrogens is 676 g/mol. The summed E-state index contributed by atoms with van der Waals surface area (Å²) >= 11 is 14.0. The molecule has 4 rings (SSSR count). The van der Waals surface area contributed by atoms with Gasteiger partial charge in [-0.15, -0.1) is 0 Å². The fourth-order valence-corrected chi connectivity index (χ4v) is 7.52. The first-order chi connectivity index (χ1) is 21.8. The molecular formula is C31H32Cl2N3O8PS. The minimum atomic E-state index is -4.05. The number of carboxylic acids is 1. The van der Waals surface area contributed by atoms with Crippen molar-refractivity contribution in [2.75, 3.05) is 6.35 Å². The highest BCUT2D eigenvalue weighted by Crippen LogP contribution is 2.49. The van der Waals surface area contributed by atoms with Gasteiger partial charge in [-0.1, -0.05) is 79.1 Å². The van der Waals surface area contributed by atoms with E-state index in [2.05, 4.69) is 0 Å². The SMILES string of the molecule is CC(C)c1nc(COC(N)=O)n(Cc2ccc(OCP(=O)(Oc3ccccc3)O[C@@H](C)C(=O)O)cc2)c1Sc1cc(Cl)cc(Cl)c1. The summed E-state index contributed by atoms with van der Waals surface area (Å²) in [4.78, 5) is 28.4. The van der Waals surface area contributed by atoms with Crippen LogP contribution in [0.1, 0.15) is 43.8 Å². The van der Waals surface area contributed by atoms with Crippen molar-refractivity contribution in [2.24, 2.45) is 5.73 Å². The van der Waals surface area contributed by atoms with Gasteiger partial charge in [0.25, 0.3) is 0 Å². The summed E-state index contributed by atoms with van der Waals surface area (Å²) in [5.74, 6) is -0.184. The van der Waals surface area contributed by atoms with E-state index in [4.69, 9.17) is 52.4 Å². The number of amides is 1. The van der Waals surface area contributed by atoms with Crippen LogP contribution in [0.3, 0.4) is 0 Å². The van der Waals surface area contributed by atoms with Crippen molar-refractivity contribution in [3.05, 3.63) is 99.9 Å². The van der Waals surface area contributed by atoms with E-state index in [1.807, 2.05) is 18.4 Å². The molecule has 3 aromatic carbocycles. The lowest BCUT2D eigenvalue weighted by Crippen LogP contribution is -2.21. The Bertz CT molecular complexity index is 1700. The summed E-state index contributed by atoms with van der Waals surface area (Å²) in [5.41, 5.74) is 6.88. The second-order valence-electron chi connectivity index (χ2n) is 10.3. The third-order valence-corrected chi connectivity index (χ3v) is 9.38. The molecule has 0 saturated carbocycles. The van der Waals surface area contributed by atoms with Gasteiger partial charge in [-0.3, -0.25) is 4.52 Å². The van der Waals surface area contributed by atoms with Crippen LogP contribution in [0.25, 0.3) is 0 Å². The Balaban J connectivity index is 1.58. The maximum atomic E-state index is 13.5. The van der Waals surface area contributed by atoms with E-state index in [1.165, 1.54) is 18.7 Å². The van der Waals surface area contributed by atoms with Crippen LogP contribution in [0.2, 0.25) is 10.0 Å². The Morgan fingerprint density at radius 1 is 1.00 bits per heavy atom. The van der Waals surface area contributed by atoms with Crippen LogP contribution in [0, 0.1) is 0 Å². The van der Waals surface area contributed by atoms with E-state index in [9.17, 15) is 19.3 Å². The number of hydrogen-bond acceptors (Lipinski definition) is 9. The van der Waals surface area contributed by atoms with Gasteiger partial charge in [0.1, 0.15) is 22.3 Å². The molecule has 1 aromatic heterocycles. The highest BCUT2D eigenvalue weighted by Gasteiger charge is 2.33. The standard InChI is InChI=1S/C31H32Cl2N3O8PS/c1-19(2)28-29(46-26-14-22(32)13-23(33)15-26)36(27(35-28)17-41-31(34)39)16-21-9-11-24(12-10-21)42-18-45(40,43-20(3)30(37)38)44-25-7-5-4-6-8-25/h4-15,19-20H,16-18H2,1-3H3,(H2,34,39)(H,37,38)/t20-,45?/m0/s1. The number of hydrogen-bond donors (Lipinski definition) is 2. The lowest BCUT2D eigenvalue weighted by molar-refractivity contribution is -0.144. The van der Waals surface area contributed by atoms with Gasteiger partial charge in [-0.05, 0) is 60.9 Å². The summed E-state index contributed by atoms with van der Waals surface area (Å²) in [6.07, 6.45) is -2.85. The van der Waals surface area contributed by atoms with Crippen LogP contribution in [0.4, 0.5) is 4.79 Å². The second kappa shape index (κ2) is 15.8. The van der Waals surface area contributed by atoms with Gasteiger partial charge in [-0.2, -0.15) is 0 Å². The normalized spacial score (nSPS) is 13.2. The molecule has 0 fully saturated rings. The molecule has 1 amide bonds. The Hall–Kier alpha value is -3.67. The molecule has 0 aliphatic heterocycles. The first-order valence-corrected chi connectivity index (χ1v) is 17.2. The maximum absolute atomic E-state index is 13.5. The van der Waals surface area contributed by atoms with Gasteiger partial charge in [0.2, 0.25) is 6.35 Å². The molecule has 2 atom stereocenters. The summed E-state index contributed by atoms with van der Waals surface area (Å²) < 4.78 is 37.2. The first-order valence-electron chi connectivity index (χ1n) is 13.9. The van der Waals surface area contributed by atoms with Crippen LogP contribution < -0.4 is 15.0 Å².